The summed E-state index contributed by atoms with van der Waals surface area (Å²) in [6.07, 6.45) is 2.45. The van der Waals surface area contributed by atoms with Crippen LogP contribution in [-0.2, 0) is 0 Å². The van der Waals surface area contributed by atoms with E-state index < -0.39 is 0 Å². The van der Waals surface area contributed by atoms with E-state index >= 15 is 0 Å². The Morgan fingerprint density at radius 2 is 2.28 bits per heavy atom. The second kappa shape index (κ2) is 7.21. The lowest BCUT2D eigenvalue weighted by Crippen LogP contribution is -2.30. The average Bonchev–Trinajstić information content (AvgIpc) is 2.35. The molecule has 5 heteroatoms. The number of alkyl halides is 1. The number of carbonyl (C=O) groups excluding carboxylic acids is 1. The quantitative estimate of drug-likeness (QED) is 0.808. The maximum Gasteiger partial charge on any atom is 0.256 e. The van der Waals surface area contributed by atoms with Crippen LogP contribution in [0, 0.1) is 5.92 Å². The molecule has 1 aromatic heterocycles. The van der Waals surface area contributed by atoms with Crippen LogP contribution in [0.4, 0.5) is 0 Å². The molecule has 1 heterocycles. The smallest absolute Gasteiger partial charge is 0.256 e. The van der Waals surface area contributed by atoms with E-state index in [1.54, 1.807) is 18.3 Å². The molecule has 0 saturated carbocycles. The van der Waals surface area contributed by atoms with Crippen LogP contribution < -0.4 is 10.1 Å². The van der Waals surface area contributed by atoms with Crippen LogP contribution in [0.5, 0.6) is 5.88 Å². The van der Waals surface area contributed by atoms with Crippen molar-refractivity contribution < 1.29 is 9.53 Å². The van der Waals surface area contributed by atoms with Gasteiger partial charge in [-0.05, 0) is 24.5 Å². The predicted molar refractivity (Wildman–Crippen MR) is 72.2 cm³/mol. The number of nitrogens with zero attached hydrogens (tertiary/aromatic N) is 1. The van der Waals surface area contributed by atoms with Crippen LogP contribution in [0.15, 0.2) is 18.3 Å². The summed E-state index contributed by atoms with van der Waals surface area (Å²) >= 11 is 6.12. The van der Waals surface area contributed by atoms with Gasteiger partial charge in [0.05, 0.1) is 12.5 Å². The molecule has 1 aromatic rings. The first kappa shape index (κ1) is 14.8. The van der Waals surface area contributed by atoms with Gasteiger partial charge in [-0.3, -0.25) is 4.79 Å². The summed E-state index contributed by atoms with van der Waals surface area (Å²) in [5.41, 5.74) is 0.424. The van der Waals surface area contributed by atoms with Crippen molar-refractivity contribution in [2.24, 2.45) is 5.92 Å². The Labute approximate surface area is 113 Å². The molecule has 1 unspecified atom stereocenters. The van der Waals surface area contributed by atoms with Gasteiger partial charge in [0.15, 0.2) is 0 Å². The molecule has 0 bridgehead atoms. The highest BCUT2D eigenvalue weighted by Crippen LogP contribution is 2.14. The van der Waals surface area contributed by atoms with Gasteiger partial charge in [0.2, 0.25) is 5.88 Å². The van der Waals surface area contributed by atoms with E-state index in [-0.39, 0.29) is 11.3 Å². The van der Waals surface area contributed by atoms with Gasteiger partial charge < -0.3 is 10.1 Å². The third kappa shape index (κ3) is 4.53. The van der Waals surface area contributed by atoms with E-state index in [4.69, 9.17) is 16.3 Å². The number of methoxy groups -OCH3 is 1. The molecular formula is C13H19ClN2O2. The number of amides is 1. The maximum atomic E-state index is 11.9. The number of hydrogen-bond donors (Lipinski definition) is 1. The van der Waals surface area contributed by atoms with Crippen molar-refractivity contribution in [1.29, 1.82) is 0 Å². The number of hydrogen-bond acceptors (Lipinski definition) is 3. The zero-order valence-corrected chi connectivity index (χ0v) is 11.7. The standard InChI is InChI=1S/C13H19ClN2O2/c1-9(2)7-10(14)8-16-12(17)11-5-4-6-15-13(11)18-3/h4-6,9-10H,7-8H2,1-3H3,(H,16,17). The van der Waals surface area contributed by atoms with Crippen molar-refractivity contribution in [3.8, 4) is 5.88 Å². The first-order chi connectivity index (χ1) is 8.54. The summed E-state index contributed by atoms with van der Waals surface area (Å²) in [6, 6.07) is 3.37. The van der Waals surface area contributed by atoms with E-state index in [0.717, 1.165) is 6.42 Å². The third-order valence-electron chi connectivity index (χ3n) is 2.42. The number of rotatable bonds is 6. The molecule has 18 heavy (non-hydrogen) atoms. The van der Waals surface area contributed by atoms with Gasteiger partial charge in [-0.1, -0.05) is 13.8 Å². The molecule has 0 aliphatic heterocycles. The highest BCUT2D eigenvalue weighted by Gasteiger charge is 2.14. The molecule has 0 spiro atoms. The zero-order chi connectivity index (χ0) is 13.5. The molecule has 4 nitrogen and oxygen atoms in total. The monoisotopic (exact) mass is 270 g/mol. The van der Waals surface area contributed by atoms with Crippen LogP contribution >= 0.6 is 11.6 Å². The minimum absolute atomic E-state index is 0.0587. The Morgan fingerprint density at radius 3 is 2.89 bits per heavy atom. The largest absolute Gasteiger partial charge is 0.480 e. The highest BCUT2D eigenvalue weighted by atomic mass is 35.5. The van der Waals surface area contributed by atoms with Crippen LogP contribution in [0.2, 0.25) is 0 Å². The topological polar surface area (TPSA) is 51.2 Å². The van der Waals surface area contributed by atoms with Gasteiger partial charge >= 0.3 is 0 Å². The molecule has 0 radical (unpaired) electrons. The van der Waals surface area contributed by atoms with Crippen molar-refractivity contribution in [3.63, 3.8) is 0 Å². The van der Waals surface area contributed by atoms with E-state index in [0.29, 0.717) is 23.9 Å². The summed E-state index contributed by atoms with van der Waals surface area (Å²) in [7, 11) is 1.49. The minimum Gasteiger partial charge on any atom is -0.480 e. The van der Waals surface area contributed by atoms with Crippen LogP contribution in [0.1, 0.15) is 30.6 Å². The van der Waals surface area contributed by atoms with Crippen molar-refractivity contribution in [1.82, 2.24) is 10.3 Å². The van der Waals surface area contributed by atoms with Crippen LogP contribution in [0.25, 0.3) is 0 Å². The number of ether oxygens (including phenoxy) is 1. The summed E-state index contributed by atoms with van der Waals surface area (Å²) in [5.74, 6) is 0.622. The van der Waals surface area contributed by atoms with E-state index in [1.807, 2.05) is 0 Å². The Bertz CT molecular complexity index is 396. The van der Waals surface area contributed by atoms with Gasteiger partial charge in [0.25, 0.3) is 5.91 Å². The fraction of sp³-hybridized carbons (Fsp3) is 0.538. The zero-order valence-electron chi connectivity index (χ0n) is 10.9. The van der Waals surface area contributed by atoms with Crippen molar-refractivity contribution >= 4 is 17.5 Å². The first-order valence-electron chi connectivity index (χ1n) is 5.95. The SMILES string of the molecule is COc1ncccc1C(=O)NCC(Cl)CC(C)C. The van der Waals surface area contributed by atoms with E-state index in [9.17, 15) is 4.79 Å². The van der Waals surface area contributed by atoms with Gasteiger partial charge in [-0.25, -0.2) is 4.98 Å². The van der Waals surface area contributed by atoms with Gasteiger partial charge in [0.1, 0.15) is 5.56 Å². The normalized spacial score (nSPS) is 12.3. The molecule has 0 fully saturated rings. The Kier molecular flexibility index (Phi) is 5.92. The summed E-state index contributed by atoms with van der Waals surface area (Å²) in [6.45, 7) is 4.64. The number of nitrogens with one attached hydrogen (secondary N) is 1. The molecule has 0 saturated heterocycles. The number of pyridine rings is 1. The van der Waals surface area contributed by atoms with Crippen molar-refractivity contribution in [2.45, 2.75) is 25.6 Å². The van der Waals surface area contributed by atoms with Crippen molar-refractivity contribution in [2.75, 3.05) is 13.7 Å². The van der Waals surface area contributed by atoms with E-state index in [2.05, 4.69) is 24.1 Å². The lowest BCUT2D eigenvalue weighted by molar-refractivity contribution is 0.0949. The highest BCUT2D eigenvalue weighted by molar-refractivity contribution is 6.21. The fourth-order valence-corrected chi connectivity index (χ4v) is 2.05. The van der Waals surface area contributed by atoms with E-state index in [1.165, 1.54) is 7.11 Å². The molecule has 1 atom stereocenters. The Morgan fingerprint density at radius 1 is 1.56 bits per heavy atom. The molecule has 1 N–H and O–H groups in total. The molecule has 1 rings (SSSR count). The fourth-order valence-electron chi connectivity index (χ4n) is 1.62. The lowest BCUT2D eigenvalue weighted by Gasteiger charge is -2.13. The summed E-state index contributed by atoms with van der Waals surface area (Å²) in [4.78, 5) is 15.9. The third-order valence-corrected chi connectivity index (χ3v) is 2.75. The number of carbonyl (C=O) groups is 1. The summed E-state index contributed by atoms with van der Waals surface area (Å²) in [5, 5.41) is 2.73. The second-order valence-corrected chi connectivity index (χ2v) is 5.11. The Balaban J connectivity index is 2.55. The van der Waals surface area contributed by atoms with Crippen LogP contribution in [-0.4, -0.2) is 29.9 Å². The average molecular weight is 271 g/mol. The molecule has 100 valence electrons. The summed E-state index contributed by atoms with van der Waals surface area (Å²) < 4.78 is 5.03. The molecule has 0 aliphatic rings. The van der Waals surface area contributed by atoms with Gasteiger partial charge in [-0.2, -0.15) is 0 Å². The second-order valence-electron chi connectivity index (χ2n) is 4.50. The molecular weight excluding hydrogens is 252 g/mol. The molecule has 0 aliphatic carbocycles. The number of aromatic nitrogens is 1. The van der Waals surface area contributed by atoms with Gasteiger partial charge in [-0.15, -0.1) is 11.6 Å². The van der Waals surface area contributed by atoms with Crippen molar-refractivity contribution in [3.05, 3.63) is 23.9 Å². The lowest BCUT2D eigenvalue weighted by atomic mass is 10.1. The minimum atomic E-state index is -0.214. The maximum absolute atomic E-state index is 11.9. The predicted octanol–water partition coefficient (Wildman–Crippen LogP) is 2.47. The molecule has 0 aromatic carbocycles. The molecule has 1 amide bonds. The van der Waals surface area contributed by atoms with Gasteiger partial charge in [0, 0.05) is 12.7 Å². The van der Waals surface area contributed by atoms with Crippen LogP contribution in [0.3, 0.4) is 0 Å². The number of halogens is 1. The first-order valence-corrected chi connectivity index (χ1v) is 6.39. The Hall–Kier alpha value is -1.29.